The summed E-state index contributed by atoms with van der Waals surface area (Å²) in [7, 11) is -4.04. The number of anilines is 1. The van der Waals surface area contributed by atoms with Crippen molar-refractivity contribution in [2.24, 2.45) is 0 Å². The Bertz CT molecular complexity index is 740. The van der Waals surface area contributed by atoms with Gasteiger partial charge in [-0.15, -0.1) is 0 Å². The van der Waals surface area contributed by atoms with E-state index < -0.39 is 28.3 Å². The topological polar surface area (TPSA) is 101 Å². The summed E-state index contributed by atoms with van der Waals surface area (Å²) in [6, 6.07) is 4.71. The summed E-state index contributed by atoms with van der Waals surface area (Å²) < 4.78 is 64.3. The van der Waals surface area contributed by atoms with Gasteiger partial charge in [-0.1, -0.05) is 18.2 Å². The maximum absolute atomic E-state index is 12.8. The molecule has 0 aliphatic heterocycles. The second kappa shape index (κ2) is 5.37. The van der Waals surface area contributed by atoms with Crippen LogP contribution in [0.25, 0.3) is 0 Å². The van der Waals surface area contributed by atoms with Crippen molar-refractivity contribution in [3.63, 3.8) is 0 Å². The van der Waals surface area contributed by atoms with Gasteiger partial charge in [0.1, 0.15) is 10.7 Å². The van der Waals surface area contributed by atoms with Gasteiger partial charge in [0, 0.05) is 6.54 Å². The van der Waals surface area contributed by atoms with Crippen molar-refractivity contribution in [2.75, 3.05) is 5.73 Å². The van der Waals surface area contributed by atoms with Crippen molar-refractivity contribution in [2.45, 2.75) is 17.6 Å². The van der Waals surface area contributed by atoms with Gasteiger partial charge in [-0.25, -0.2) is 13.1 Å². The van der Waals surface area contributed by atoms with E-state index in [1.165, 1.54) is 18.2 Å². The number of rotatable bonds is 4. The lowest BCUT2D eigenvalue weighted by Gasteiger charge is -2.13. The average molecular weight is 320 g/mol. The minimum atomic E-state index is -4.56. The molecule has 0 aliphatic carbocycles. The van der Waals surface area contributed by atoms with Crippen LogP contribution in [-0.2, 0) is 22.7 Å². The van der Waals surface area contributed by atoms with Gasteiger partial charge >= 0.3 is 6.18 Å². The van der Waals surface area contributed by atoms with Crippen molar-refractivity contribution in [3.05, 3.63) is 41.6 Å². The monoisotopic (exact) mass is 320 g/mol. The highest BCUT2D eigenvalue weighted by Crippen LogP contribution is 2.31. The molecule has 0 aliphatic rings. The number of hydrogen-bond donors (Lipinski definition) is 3. The van der Waals surface area contributed by atoms with Crippen LogP contribution in [-0.4, -0.2) is 18.6 Å². The highest BCUT2D eigenvalue weighted by molar-refractivity contribution is 7.89. The number of nitrogens with zero attached hydrogens (tertiary/aromatic N) is 1. The number of alkyl halides is 3. The quantitative estimate of drug-likeness (QED) is 0.794. The number of nitrogens with two attached hydrogens (primary N) is 1. The second-order valence-electron chi connectivity index (χ2n) is 4.13. The zero-order valence-corrected chi connectivity index (χ0v) is 11.3. The van der Waals surface area contributed by atoms with E-state index >= 15 is 0 Å². The number of sulfonamides is 1. The zero-order chi connectivity index (χ0) is 15.7. The number of H-pyrrole nitrogens is 1. The van der Waals surface area contributed by atoms with Gasteiger partial charge in [0.05, 0.1) is 11.8 Å². The minimum absolute atomic E-state index is 0.185. The fourth-order valence-corrected chi connectivity index (χ4v) is 2.73. The van der Waals surface area contributed by atoms with Gasteiger partial charge in [-0.2, -0.15) is 18.3 Å². The van der Waals surface area contributed by atoms with Crippen molar-refractivity contribution in [1.29, 1.82) is 0 Å². The zero-order valence-electron chi connectivity index (χ0n) is 10.5. The summed E-state index contributed by atoms with van der Waals surface area (Å²) in [5.41, 5.74) is 4.30. The summed E-state index contributed by atoms with van der Waals surface area (Å²) in [6.45, 7) is -0.511. The molecule has 21 heavy (non-hydrogen) atoms. The van der Waals surface area contributed by atoms with E-state index in [9.17, 15) is 21.6 Å². The Hall–Kier alpha value is -2.07. The number of nitrogens with one attached hydrogen (secondary N) is 2. The molecule has 1 aromatic heterocycles. The molecule has 0 bridgehead atoms. The average Bonchev–Trinajstić information content (AvgIpc) is 2.83. The lowest BCUT2D eigenvalue weighted by molar-refractivity contribution is -0.138. The molecule has 0 unspecified atom stereocenters. The van der Waals surface area contributed by atoms with Crippen molar-refractivity contribution < 1.29 is 21.6 Å². The third-order valence-electron chi connectivity index (χ3n) is 2.70. The molecule has 0 amide bonds. The number of halogens is 3. The molecule has 0 saturated carbocycles. The number of nitrogen functional groups attached to an aromatic ring is 1. The third-order valence-corrected chi connectivity index (χ3v) is 4.13. The smallest absolute Gasteiger partial charge is 0.383 e. The SMILES string of the molecule is Nc1[nH]ncc1S(=O)(=O)NCc1ccccc1C(F)(F)F. The molecule has 114 valence electrons. The molecule has 1 heterocycles. The lowest BCUT2D eigenvalue weighted by atomic mass is 10.1. The maximum atomic E-state index is 12.8. The van der Waals surface area contributed by atoms with Crippen LogP contribution in [0, 0.1) is 0 Å². The maximum Gasteiger partial charge on any atom is 0.416 e. The Kier molecular flexibility index (Phi) is 3.92. The van der Waals surface area contributed by atoms with E-state index in [1.54, 1.807) is 0 Å². The molecular formula is C11H11F3N4O2S. The highest BCUT2D eigenvalue weighted by Gasteiger charge is 2.33. The van der Waals surface area contributed by atoms with E-state index in [1.807, 2.05) is 0 Å². The van der Waals surface area contributed by atoms with Crippen LogP contribution in [0.15, 0.2) is 35.4 Å². The minimum Gasteiger partial charge on any atom is -0.383 e. The molecule has 0 saturated heterocycles. The van der Waals surface area contributed by atoms with Gasteiger partial charge in [-0.05, 0) is 11.6 Å². The van der Waals surface area contributed by atoms with Gasteiger partial charge < -0.3 is 5.73 Å². The number of benzene rings is 1. The molecule has 6 nitrogen and oxygen atoms in total. The van der Waals surface area contributed by atoms with E-state index in [0.29, 0.717) is 0 Å². The molecule has 2 aromatic rings. The molecular weight excluding hydrogens is 309 g/mol. The summed E-state index contributed by atoms with van der Waals surface area (Å²) in [5.74, 6) is -0.188. The Morgan fingerprint density at radius 1 is 1.29 bits per heavy atom. The van der Waals surface area contributed by atoms with Gasteiger partial charge in [0.15, 0.2) is 0 Å². The molecule has 1 aromatic carbocycles. The largest absolute Gasteiger partial charge is 0.416 e. The van der Waals surface area contributed by atoms with E-state index in [2.05, 4.69) is 14.9 Å². The first-order chi connectivity index (χ1) is 9.72. The fourth-order valence-electron chi connectivity index (χ4n) is 1.70. The van der Waals surface area contributed by atoms with Gasteiger partial charge in [-0.3, -0.25) is 5.10 Å². The Morgan fingerprint density at radius 2 is 1.95 bits per heavy atom. The first-order valence-electron chi connectivity index (χ1n) is 5.65. The van der Waals surface area contributed by atoms with Gasteiger partial charge in [0.25, 0.3) is 0 Å². The summed E-state index contributed by atoms with van der Waals surface area (Å²) in [5, 5.41) is 5.69. The van der Waals surface area contributed by atoms with Crippen molar-refractivity contribution in [3.8, 4) is 0 Å². The molecule has 10 heteroatoms. The number of hydrogen-bond acceptors (Lipinski definition) is 4. The number of aromatic amines is 1. The van der Waals surface area contributed by atoms with Crippen LogP contribution in [0.4, 0.5) is 19.0 Å². The van der Waals surface area contributed by atoms with E-state index in [4.69, 9.17) is 5.73 Å². The molecule has 0 atom stereocenters. The van der Waals surface area contributed by atoms with Crippen molar-refractivity contribution in [1.82, 2.24) is 14.9 Å². The molecule has 0 fully saturated rings. The predicted octanol–water partition coefficient (Wildman–Crippen LogP) is 1.49. The molecule has 4 N–H and O–H groups in total. The van der Waals surface area contributed by atoms with Crippen LogP contribution >= 0.6 is 0 Å². The van der Waals surface area contributed by atoms with Crippen LogP contribution in [0.3, 0.4) is 0 Å². The standard InChI is InChI=1S/C11H11F3N4O2S/c12-11(13,14)8-4-2-1-3-7(8)5-17-21(19,20)9-6-16-18-10(9)15/h1-4,6,17H,5H2,(H3,15,16,18). The summed E-state index contributed by atoms with van der Waals surface area (Å²) in [6.07, 6.45) is -3.58. The van der Waals surface area contributed by atoms with Crippen LogP contribution < -0.4 is 10.5 Å². The first kappa shape index (κ1) is 15.3. The van der Waals surface area contributed by atoms with Crippen LogP contribution in [0.5, 0.6) is 0 Å². The molecule has 0 spiro atoms. The Morgan fingerprint density at radius 3 is 2.52 bits per heavy atom. The van der Waals surface area contributed by atoms with E-state index in [-0.39, 0.29) is 16.3 Å². The number of aromatic nitrogens is 2. The Labute approximate surface area is 118 Å². The van der Waals surface area contributed by atoms with E-state index in [0.717, 1.165) is 12.3 Å². The Balaban J connectivity index is 2.24. The van der Waals surface area contributed by atoms with Crippen LogP contribution in [0.1, 0.15) is 11.1 Å². The fraction of sp³-hybridized carbons (Fsp3) is 0.182. The highest BCUT2D eigenvalue weighted by atomic mass is 32.2. The summed E-state index contributed by atoms with van der Waals surface area (Å²) in [4.78, 5) is -0.313. The normalized spacial score (nSPS) is 12.5. The van der Waals surface area contributed by atoms with Crippen LogP contribution in [0.2, 0.25) is 0 Å². The van der Waals surface area contributed by atoms with Crippen molar-refractivity contribution >= 4 is 15.8 Å². The first-order valence-corrected chi connectivity index (χ1v) is 7.14. The molecule has 2 rings (SSSR count). The molecule has 0 radical (unpaired) electrons. The lowest BCUT2D eigenvalue weighted by Crippen LogP contribution is -2.25. The summed E-state index contributed by atoms with van der Waals surface area (Å²) >= 11 is 0. The second-order valence-corrected chi connectivity index (χ2v) is 5.86. The third kappa shape index (κ3) is 3.34. The van der Waals surface area contributed by atoms with Gasteiger partial charge in [0.2, 0.25) is 10.0 Å². The predicted molar refractivity (Wildman–Crippen MR) is 68.5 cm³/mol.